The average molecular weight is 566 g/mol. The van der Waals surface area contributed by atoms with Crippen LogP contribution in [0.2, 0.25) is 0 Å². The minimum atomic E-state index is -3.18. The largest absolute Gasteiger partial charge is 0.394 e. The quantitative estimate of drug-likeness (QED) is 0.114. The Labute approximate surface area is 237 Å². The van der Waals surface area contributed by atoms with E-state index in [2.05, 4.69) is 10.2 Å². The van der Waals surface area contributed by atoms with Crippen molar-refractivity contribution in [3.8, 4) is 0 Å². The molecule has 0 radical (unpaired) electrons. The number of ether oxygens (including phenoxy) is 1. The number of benzene rings is 2. The third-order valence-electron chi connectivity index (χ3n) is 8.69. The molecule has 0 saturated carbocycles. The summed E-state index contributed by atoms with van der Waals surface area (Å²) in [7, 11) is 2.93. The number of amides is 3. The molecule has 5 rings (SSSR count). The molecule has 3 aliphatic rings. The zero-order valence-electron chi connectivity index (χ0n) is 22.9. The highest BCUT2D eigenvalue weighted by Crippen LogP contribution is 2.48. The highest BCUT2D eigenvalue weighted by atomic mass is 19.1. The summed E-state index contributed by atoms with van der Waals surface area (Å²) in [5, 5.41) is 49.8. The van der Waals surface area contributed by atoms with E-state index >= 15 is 0 Å². The lowest BCUT2D eigenvalue weighted by molar-refractivity contribution is -0.279. The second kappa shape index (κ2) is 9.93. The Kier molecular flexibility index (Phi) is 7.08. The number of piperidine rings is 1. The van der Waals surface area contributed by atoms with Crippen molar-refractivity contribution < 1.29 is 43.9 Å². The molecule has 2 aromatic carbocycles. The minimum absolute atomic E-state index is 0.0589. The number of fused-ring (bicyclic) bond motifs is 1. The van der Waals surface area contributed by atoms with Crippen LogP contribution in [0.25, 0.3) is 0 Å². The summed E-state index contributed by atoms with van der Waals surface area (Å²) < 4.78 is 20.1. The molecule has 41 heavy (non-hydrogen) atoms. The zero-order chi connectivity index (χ0) is 30.0. The first-order chi connectivity index (χ1) is 19.1. The van der Waals surface area contributed by atoms with E-state index in [0.29, 0.717) is 30.2 Å². The molecule has 16 heteroatoms. The summed E-state index contributed by atoms with van der Waals surface area (Å²) in [6.45, 7) is 3.28. The summed E-state index contributed by atoms with van der Waals surface area (Å²) in [5.41, 5.74) is -7.09. The van der Waals surface area contributed by atoms with E-state index in [1.807, 2.05) is 5.32 Å². The number of halogens is 1. The molecule has 0 spiro atoms. The molecule has 2 saturated heterocycles. The van der Waals surface area contributed by atoms with E-state index < -0.39 is 45.9 Å². The monoisotopic (exact) mass is 566 g/mol. The molecule has 214 valence electrons. The molecule has 12 nitrogen and oxygen atoms in total. The molecule has 3 atom stereocenters. The summed E-state index contributed by atoms with van der Waals surface area (Å²) in [6.07, 6.45) is 0. The van der Waals surface area contributed by atoms with Crippen LogP contribution in [0.1, 0.15) is 27.0 Å². The van der Waals surface area contributed by atoms with Crippen molar-refractivity contribution in [3.05, 3.63) is 64.5 Å². The fraction of sp³-hybridized carbons (Fsp3) is 0.400. The van der Waals surface area contributed by atoms with Gasteiger partial charge in [0.25, 0.3) is 17.7 Å². The van der Waals surface area contributed by atoms with Gasteiger partial charge in [-0.1, -0.05) is 12.1 Å². The van der Waals surface area contributed by atoms with Gasteiger partial charge in [0.2, 0.25) is 5.91 Å². The van der Waals surface area contributed by atoms with Crippen molar-refractivity contribution in [1.82, 2.24) is 15.1 Å². The van der Waals surface area contributed by atoms with Gasteiger partial charge in [-0.25, -0.2) is 4.39 Å². The van der Waals surface area contributed by atoms with E-state index in [-0.39, 0.29) is 23.4 Å². The van der Waals surface area contributed by atoms with Crippen LogP contribution in [-0.2, 0) is 33.3 Å². The van der Waals surface area contributed by atoms with Gasteiger partial charge >= 0.3 is 0 Å². The maximum absolute atomic E-state index is 14.8. The van der Waals surface area contributed by atoms with Crippen LogP contribution >= 0.6 is 0 Å². The predicted molar refractivity (Wildman–Crippen MR) is 150 cm³/mol. The Morgan fingerprint density at radius 3 is 2.37 bits per heavy atom. The first-order valence-electron chi connectivity index (χ1n) is 13.2. The number of carbonyl (C=O) groups excluding carboxylic acids is 3. The Hall–Kier alpha value is -3.27. The molecule has 3 amide bonds. The first-order valence-corrected chi connectivity index (χ1v) is 13.2. The molecular weight excluding hydrogens is 536 g/mol. The first kappa shape index (κ1) is 29.2. The zero-order valence-corrected chi connectivity index (χ0v) is 22.9. The number of nitrogens with zero attached hydrogens (tertiary/aromatic N) is 2. The predicted octanol–water partition coefficient (Wildman–Crippen LogP) is -4.55. The van der Waals surface area contributed by atoms with Crippen molar-refractivity contribution in [2.24, 2.45) is 0 Å². The highest BCUT2D eigenvalue weighted by Gasteiger charge is 2.72. The Balaban J connectivity index is 1.46. The summed E-state index contributed by atoms with van der Waals surface area (Å²) in [6, 6.07) is 8.97. The molecule has 2 fully saturated rings. The number of hydrogen-bond donors (Lipinski definition) is 6. The van der Waals surface area contributed by atoms with E-state index in [1.165, 1.54) is 24.3 Å². The number of morpholine rings is 1. The highest BCUT2D eigenvalue weighted by molar-refractivity contribution is 6.46. The molecule has 3 unspecified atom stereocenters. The van der Waals surface area contributed by atoms with Gasteiger partial charge in [-0.15, -0.1) is 0 Å². The van der Waals surface area contributed by atoms with Crippen LogP contribution in [0.4, 0.5) is 10.1 Å². The molecular formula is C25H30B3FN4O8. The Morgan fingerprint density at radius 2 is 1.68 bits per heavy atom. The van der Waals surface area contributed by atoms with Crippen LogP contribution in [0, 0.1) is 5.82 Å². The third-order valence-corrected chi connectivity index (χ3v) is 8.69. The van der Waals surface area contributed by atoms with Crippen molar-refractivity contribution in [1.29, 1.82) is 0 Å². The van der Waals surface area contributed by atoms with Crippen molar-refractivity contribution in [2.75, 3.05) is 31.6 Å². The molecule has 0 aromatic heterocycles. The van der Waals surface area contributed by atoms with Crippen LogP contribution in [0.3, 0.4) is 0 Å². The van der Waals surface area contributed by atoms with Crippen LogP contribution in [0.15, 0.2) is 36.4 Å². The molecule has 0 aliphatic carbocycles. The van der Waals surface area contributed by atoms with Gasteiger partial charge in [-0.2, -0.15) is 0 Å². The molecule has 6 N–H and O–H groups in total. The average Bonchev–Trinajstić information content (AvgIpc) is 3.13. The van der Waals surface area contributed by atoms with Crippen molar-refractivity contribution in [2.45, 2.75) is 35.4 Å². The lowest BCUT2D eigenvalue weighted by atomic mass is 9.43. The smallest absolute Gasteiger partial charge is 0.280 e. The van der Waals surface area contributed by atoms with E-state index in [0.717, 1.165) is 42.2 Å². The number of imide groups is 1. The molecule has 3 heterocycles. The van der Waals surface area contributed by atoms with E-state index in [4.69, 9.17) is 4.74 Å². The molecule has 2 aromatic rings. The van der Waals surface area contributed by atoms with Crippen LogP contribution in [0.5, 0.6) is 0 Å². The number of anilines is 1. The van der Waals surface area contributed by atoms with Gasteiger partial charge in [0.1, 0.15) is 24.6 Å². The SMILES string of the molecule is BC1(O)C(=O)NC(=O)C(B)(N2C(=O)c3cccc(NCc4cc(CN5CCOCC5)ccc4F)c3C2(O)O)C1(B)O. The lowest BCUT2D eigenvalue weighted by Crippen LogP contribution is -2.87. The number of nitrogens with one attached hydrogen (secondary N) is 2. The second-order valence-corrected chi connectivity index (χ2v) is 11.2. The summed E-state index contributed by atoms with van der Waals surface area (Å²) >= 11 is 0. The van der Waals surface area contributed by atoms with Crippen LogP contribution in [-0.4, -0.2) is 114 Å². The van der Waals surface area contributed by atoms with E-state index in [9.17, 15) is 39.2 Å². The summed E-state index contributed by atoms with van der Waals surface area (Å²) in [4.78, 5) is 41.6. The normalized spacial score (nSPS) is 29.8. The number of hydrogen-bond acceptors (Lipinski definition) is 10. The number of carbonyl (C=O) groups is 3. The van der Waals surface area contributed by atoms with Crippen molar-refractivity contribution in [3.63, 3.8) is 0 Å². The number of aliphatic hydroxyl groups is 4. The maximum atomic E-state index is 14.8. The third kappa shape index (κ3) is 4.37. The molecule has 0 bridgehead atoms. The van der Waals surface area contributed by atoms with Gasteiger partial charge < -0.3 is 30.5 Å². The Bertz CT molecular complexity index is 1440. The second-order valence-electron chi connectivity index (χ2n) is 11.2. The number of rotatable bonds is 6. The van der Waals surface area contributed by atoms with Crippen LogP contribution < -0.4 is 10.6 Å². The van der Waals surface area contributed by atoms with Gasteiger partial charge in [0.15, 0.2) is 15.7 Å². The van der Waals surface area contributed by atoms with Gasteiger partial charge in [-0.05, 0) is 29.8 Å². The minimum Gasteiger partial charge on any atom is -0.394 e. The summed E-state index contributed by atoms with van der Waals surface area (Å²) in [5.74, 6) is -7.14. The Morgan fingerprint density at radius 1 is 1.00 bits per heavy atom. The maximum Gasteiger partial charge on any atom is 0.280 e. The fourth-order valence-electron chi connectivity index (χ4n) is 5.78. The van der Waals surface area contributed by atoms with Gasteiger partial charge in [-0.3, -0.25) is 29.5 Å². The molecule has 3 aliphatic heterocycles. The van der Waals surface area contributed by atoms with Gasteiger partial charge in [0, 0.05) is 37.4 Å². The fourth-order valence-corrected chi connectivity index (χ4v) is 5.78. The van der Waals surface area contributed by atoms with E-state index in [1.54, 1.807) is 12.1 Å². The lowest BCUT2D eigenvalue weighted by Gasteiger charge is -2.57. The standard InChI is InChI=1S/C25H30B3FN4O8/c26-22(20(35)31-21(36)23(27,37)25(22,28)40)33-19(34)15-2-1-3-17(18(15)24(33,38)39)30-11-14-10-13(4-5-16(14)29)12-32-6-8-41-9-7-32/h1-5,10,30,37-40H,6-9,11-12,26-28H2,(H,31,35,36). The topological polar surface area (TPSA) is 172 Å². The van der Waals surface area contributed by atoms with Crippen molar-refractivity contribution >= 4 is 46.9 Å². The van der Waals surface area contributed by atoms with Gasteiger partial charge in [0.05, 0.1) is 29.8 Å².